The summed E-state index contributed by atoms with van der Waals surface area (Å²) in [5.41, 5.74) is 1.92. The highest BCUT2D eigenvalue weighted by atomic mass is 35.5. The molecule has 2 fully saturated rings. The Morgan fingerprint density at radius 3 is 2.13 bits per heavy atom. The van der Waals surface area contributed by atoms with Gasteiger partial charge in [-0.1, -0.05) is 47.5 Å². The molecule has 53 heavy (non-hydrogen) atoms. The van der Waals surface area contributed by atoms with Crippen LogP contribution in [0.3, 0.4) is 0 Å². The number of morpholine rings is 1. The second-order valence-corrected chi connectivity index (χ2v) is 16.1. The summed E-state index contributed by atoms with van der Waals surface area (Å²) >= 11 is 12.7. The van der Waals surface area contributed by atoms with Crippen LogP contribution in [0.25, 0.3) is 0 Å². The Labute approximate surface area is 319 Å². The zero-order valence-electron chi connectivity index (χ0n) is 29.6. The maximum Gasteiger partial charge on any atom is 0.326 e. The van der Waals surface area contributed by atoms with Crippen molar-refractivity contribution in [2.45, 2.75) is 23.9 Å². The molecule has 0 spiro atoms. The number of nitrogens with zero attached hydrogens (tertiary/aromatic N) is 6. The van der Waals surface area contributed by atoms with Gasteiger partial charge in [-0.3, -0.25) is 19.6 Å². The van der Waals surface area contributed by atoms with Crippen LogP contribution in [0.4, 0.5) is 4.79 Å². The molecular weight excluding hydrogens is 743 g/mol. The number of benzene rings is 3. The number of urea groups is 1. The van der Waals surface area contributed by atoms with E-state index in [1.165, 1.54) is 17.4 Å². The zero-order valence-corrected chi connectivity index (χ0v) is 31.9. The summed E-state index contributed by atoms with van der Waals surface area (Å²) < 4.78 is 46.3. The molecule has 0 saturated carbocycles. The van der Waals surface area contributed by atoms with Crippen LogP contribution in [0, 0.1) is 0 Å². The second kappa shape index (κ2) is 15.8. The molecule has 0 aliphatic carbocycles. The number of carbonyl (C=O) groups excluding carboxylic acids is 2. The Morgan fingerprint density at radius 2 is 1.49 bits per heavy atom. The molecule has 4 heterocycles. The topological polar surface area (TPSA) is 125 Å². The molecule has 2 unspecified atom stereocenters. The van der Waals surface area contributed by atoms with Gasteiger partial charge in [-0.25, -0.2) is 13.2 Å². The van der Waals surface area contributed by atoms with Crippen LogP contribution in [0.5, 0.6) is 11.5 Å². The normalized spacial score (nSPS) is 22.1. The Kier molecular flexibility index (Phi) is 11.2. The number of amidine groups is 1. The first kappa shape index (κ1) is 37.4. The fourth-order valence-corrected chi connectivity index (χ4v) is 8.63. The smallest absolute Gasteiger partial charge is 0.326 e. The molecule has 0 aromatic heterocycles. The van der Waals surface area contributed by atoms with Crippen molar-refractivity contribution >= 4 is 51.0 Å². The summed E-state index contributed by atoms with van der Waals surface area (Å²) in [6, 6.07) is 16.1. The fraction of sp³-hybridized carbons (Fsp3) is 0.432. The SMILES string of the molecule is CCOc1cc2c(cc1C1=NC(c3ccc(Cl)cc3)C(c3ccc(Cl)cc3)N1C(=O)N1CCN(CC(=O)N3CCOCC3)CC1)S(=O)(=O)N(C)CCO2. The van der Waals surface area contributed by atoms with Crippen LogP contribution in [0.2, 0.25) is 10.0 Å². The van der Waals surface area contributed by atoms with Gasteiger partial charge >= 0.3 is 6.03 Å². The number of sulfonamides is 1. The van der Waals surface area contributed by atoms with Crippen LogP contribution >= 0.6 is 23.2 Å². The predicted octanol–water partition coefficient (Wildman–Crippen LogP) is 4.55. The van der Waals surface area contributed by atoms with Gasteiger partial charge in [0, 0.05) is 69.0 Å². The standard InChI is InChI=1S/C37H42Cl2N6O7S/c1-3-51-30-23-31-32(53(48,49)41(2)16-21-52-31)22-29(30)36-40-34(25-4-8-27(38)9-5-25)35(26-6-10-28(39)11-7-26)45(36)37(47)44-14-12-42(13-15-44)24-33(46)43-17-19-50-20-18-43/h4-11,22-23,34-35H,3,12-21,24H2,1-2H3. The molecule has 282 valence electrons. The highest BCUT2D eigenvalue weighted by molar-refractivity contribution is 7.89. The third-order valence-corrected chi connectivity index (χ3v) is 12.4. The number of likely N-dealkylation sites (N-methyl/N-ethyl adjacent to an activating group) is 1. The maximum absolute atomic E-state index is 15.1. The van der Waals surface area contributed by atoms with E-state index in [-0.39, 0.29) is 54.7 Å². The van der Waals surface area contributed by atoms with Crippen LogP contribution < -0.4 is 9.47 Å². The summed E-state index contributed by atoms with van der Waals surface area (Å²) in [6.45, 7) is 6.65. The van der Waals surface area contributed by atoms with Crippen molar-refractivity contribution in [3.8, 4) is 11.5 Å². The lowest BCUT2D eigenvalue weighted by Gasteiger charge is -2.39. The number of amides is 3. The van der Waals surface area contributed by atoms with Crippen LogP contribution in [0.1, 0.15) is 35.7 Å². The Hall–Kier alpha value is -3.92. The molecule has 7 rings (SSSR count). The van der Waals surface area contributed by atoms with Gasteiger partial charge in [0.25, 0.3) is 0 Å². The molecule has 13 nitrogen and oxygen atoms in total. The van der Waals surface area contributed by atoms with Crippen LogP contribution in [0.15, 0.2) is 70.6 Å². The van der Waals surface area contributed by atoms with Crippen molar-refractivity contribution in [2.24, 2.45) is 4.99 Å². The van der Waals surface area contributed by atoms with Gasteiger partial charge in [-0.15, -0.1) is 0 Å². The van der Waals surface area contributed by atoms with Crippen molar-refractivity contribution in [3.05, 3.63) is 87.4 Å². The third kappa shape index (κ3) is 7.71. The molecule has 0 radical (unpaired) electrons. The fourth-order valence-electron chi connectivity index (χ4n) is 7.09. The van der Waals surface area contributed by atoms with Crippen molar-refractivity contribution in [2.75, 3.05) is 85.8 Å². The number of rotatable bonds is 7. The van der Waals surface area contributed by atoms with E-state index in [2.05, 4.69) is 4.90 Å². The van der Waals surface area contributed by atoms with Crippen molar-refractivity contribution < 1.29 is 32.2 Å². The molecule has 4 aliphatic heterocycles. The second-order valence-electron chi connectivity index (χ2n) is 13.3. The van der Waals surface area contributed by atoms with Gasteiger partial charge < -0.3 is 24.0 Å². The highest BCUT2D eigenvalue weighted by Gasteiger charge is 2.46. The zero-order chi connectivity index (χ0) is 37.3. The van der Waals surface area contributed by atoms with E-state index in [9.17, 15) is 13.2 Å². The van der Waals surface area contributed by atoms with Crippen LogP contribution in [-0.2, 0) is 19.6 Å². The average Bonchev–Trinajstić information content (AvgIpc) is 3.51. The number of ether oxygens (including phenoxy) is 3. The van der Waals surface area contributed by atoms with Gasteiger partial charge in [-0.05, 0) is 48.4 Å². The molecule has 2 saturated heterocycles. The molecule has 2 atom stereocenters. The number of aliphatic imine (C=N–C) groups is 1. The highest BCUT2D eigenvalue weighted by Crippen LogP contribution is 2.47. The quantitative estimate of drug-likeness (QED) is 0.342. The maximum atomic E-state index is 15.1. The van der Waals surface area contributed by atoms with E-state index in [1.54, 1.807) is 40.1 Å². The Balaban J connectivity index is 1.30. The van der Waals surface area contributed by atoms with E-state index in [0.29, 0.717) is 73.8 Å². The van der Waals surface area contributed by atoms with E-state index in [1.807, 2.05) is 36.1 Å². The van der Waals surface area contributed by atoms with E-state index in [0.717, 1.165) is 11.1 Å². The number of carbonyl (C=O) groups is 2. The number of hydrogen-bond donors (Lipinski definition) is 0. The lowest BCUT2D eigenvalue weighted by atomic mass is 9.93. The summed E-state index contributed by atoms with van der Waals surface area (Å²) in [7, 11) is -2.45. The third-order valence-electron chi connectivity index (χ3n) is 10.0. The molecule has 3 aromatic carbocycles. The van der Waals surface area contributed by atoms with Crippen molar-refractivity contribution in [3.63, 3.8) is 0 Å². The van der Waals surface area contributed by atoms with Gasteiger partial charge in [0.1, 0.15) is 34.9 Å². The van der Waals surface area contributed by atoms with Crippen LogP contribution in [-0.4, -0.2) is 136 Å². The minimum absolute atomic E-state index is 0.0393. The molecular formula is C37H42Cl2N6O7S. The summed E-state index contributed by atoms with van der Waals surface area (Å²) in [5.74, 6) is 0.810. The van der Waals surface area contributed by atoms with Gasteiger partial charge in [0.05, 0.1) is 38.0 Å². The lowest BCUT2D eigenvalue weighted by molar-refractivity contribution is -0.136. The summed E-state index contributed by atoms with van der Waals surface area (Å²) in [6.07, 6.45) is 0. The van der Waals surface area contributed by atoms with Gasteiger partial charge in [0.15, 0.2) is 0 Å². The average molecular weight is 786 g/mol. The number of halogens is 2. The minimum Gasteiger partial charge on any atom is -0.493 e. The first-order chi connectivity index (χ1) is 25.5. The molecule has 3 aromatic rings. The first-order valence-corrected chi connectivity index (χ1v) is 19.9. The molecule has 16 heteroatoms. The minimum atomic E-state index is -3.95. The summed E-state index contributed by atoms with van der Waals surface area (Å²) in [5, 5.41) is 1.09. The Bertz CT molecular complexity index is 1970. The van der Waals surface area contributed by atoms with Gasteiger partial charge in [0.2, 0.25) is 15.9 Å². The monoisotopic (exact) mass is 784 g/mol. The predicted molar refractivity (Wildman–Crippen MR) is 200 cm³/mol. The largest absolute Gasteiger partial charge is 0.493 e. The van der Waals surface area contributed by atoms with E-state index < -0.39 is 22.1 Å². The lowest BCUT2D eigenvalue weighted by Crippen LogP contribution is -2.56. The van der Waals surface area contributed by atoms with E-state index >= 15 is 4.79 Å². The van der Waals surface area contributed by atoms with Crippen molar-refractivity contribution in [1.29, 1.82) is 0 Å². The number of piperazine rings is 1. The number of hydrogen-bond acceptors (Lipinski definition) is 9. The van der Waals surface area contributed by atoms with Gasteiger partial charge in [-0.2, -0.15) is 4.31 Å². The Morgan fingerprint density at radius 1 is 0.849 bits per heavy atom. The van der Waals surface area contributed by atoms with Crippen molar-refractivity contribution in [1.82, 2.24) is 23.9 Å². The molecule has 4 aliphatic rings. The molecule has 0 N–H and O–H groups in total. The van der Waals surface area contributed by atoms with E-state index in [4.69, 9.17) is 42.4 Å². The molecule has 3 amide bonds. The first-order valence-electron chi connectivity index (χ1n) is 17.7. The summed E-state index contributed by atoms with van der Waals surface area (Å²) in [4.78, 5) is 40.6. The molecule has 0 bridgehead atoms. The number of fused-ring (bicyclic) bond motifs is 1.